The lowest BCUT2D eigenvalue weighted by Crippen LogP contribution is -2.37. The van der Waals surface area contributed by atoms with E-state index in [1.807, 2.05) is 30.3 Å². The summed E-state index contributed by atoms with van der Waals surface area (Å²) in [5.74, 6) is -0.428. The van der Waals surface area contributed by atoms with Gasteiger partial charge in [0, 0.05) is 19.5 Å². The minimum absolute atomic E-state index is 0.0238. The Morgan fingerprint density at radius 3 is 2.62 bits per heavy atom. The van der Waals surface area contributed by atoms with E-state index < -0.39 is 0 Å². The maximum Gasteiger partial charge on any atom is 0.225 e. The number of halogens is 1. The molecule has 0 aliphatic carbocycles. The summed E-state index contributed by atoms with van der Waals surface area (Å²) in [7, 11) is 0. The highest BCUT2D eigenvalue weighted by molar-refractivity contribution is 5.83. The van der Waals surface area contributed by atoms with Crippen molar-refractivity contribution in [2.75, 3.05) is 6.54 Å². The van der Waals surface area contributed by atoms with E-state index in [1.54, 1.807) is 17.0 Å². The first-order valence-electron chi connectivity index (χ1n) is 7.95. The monoisotopic (exact) mass is 326 g/mol. The van der Waals surface area contributed by atoms with E-state index in [-0.39, 0.29) is 30.1 Å². The number of carbonyl (C=O) groups is 2. The quantitative estimate of drug-likeness (QED) is 0.916. The first-order chi connectivity index (χ1) is 11.6. The number of nitrogens with one attached hydrogen (secondary N) is 1. The SMILES string of the molecule is O=C(Cc1ccccc1)N[C@@H]1CC(=O)N(Cc2cccc(F)c2)C1. The van der Waals surface area contributed by atoms with Gasteiger partial charge in [0.05, 0.1) is 12.5 Å². The minimum Gasteiger partial charge on any atom is -0.351 e. The molecule has 124 valence electrons. The molecule has 3 rings (SSSR count). The molecule has 1 fully saturated rings. The van der Waals surface area contributed by atoms with Crippen molar-refractivity contribution in [3.63, 3.8) is 0 Å². The summed E-state index contributed by atoms with van der Waals surface area (Å²) in [4.78, 5) is 25.8. The summed E-state index contributed by atoms with van der Waals surface area (Å²) in [5.41, 5.74) is 1.69. The van der Waals surface area contributed by atoms with Crippen LogP contribution in [0.15, 0.2) is 54.6 Å². The van der Waals surface area contributed by atoms with Gasteiger partial charge in [0.25, 0.3) is 0 Å². The zero-order valence-corrected chi connectivity index (χ0v) is 13.2. The topological polar surface area (TPSA) is 49.4 Å². The van der Waals surface area contributed by atoms with E-state index >= 15 is 0 Å². The lowest BCUT2D eigenvalue weighted by molar-refractivity contribution is -0.128. The molecular weight excluding hydrogens is 307 g/mol. The molecule has 2 aromatic rings. The maximum atomic E-state index is 13.2. The number of hydrogen-bond donors (Lipinski definition) is 1. The number of benzene rings is 2. The molecule has 1 N–H and O–H groups in total. The molecule has 1 atom stereocenters. The lowest BCUT2D eigenvalue weighted by atomic mass is 10.1. The van der Waals surface area contributed by atoms with E-state index in [4.69, 9.17) is 0 Å². The predicted octanol–water partition coefficient (Wildman–Crippen LogP) is 2.29. The van der Waals surface area contributed by atoms with Gasteiger partial charge in [0.15, 0.2) is 0 Å². The molecule has 4 nitrogen and oxygen atoms in total. The Morgan fingerprint density at radius 2 is 1.88 bits per heavy atom. The minimum atomic E-state index is -0.313. The molecule has 0 spiro atoms. The molecule has 0 aromatic heterocycles. The highest BCUT2D eigenvalue weighted by atomic mass is 19.1. The Hall–Kier alpha value is -2.69. The van der Waals surface area contributed by atoms with E-state index in [0.29, 0.717) is 19.5 Å². The van der Waals surface area contributed by atoms with Gasteiger partial charge in [0.1, 0.15) is 5.82 Å². The summed E-state index contributed by atoms with van der Waals surface area (Å²) in [6.45, 7) is 0.817. The molecular formula is C19H19FN2O2. The largest absolute Gasteiger partial charge is 0.351 e. The van der Waals surface area contributed by atoms with Crippen LogP contribution in [0.1, 0.15) is 17.5 Å². The lowest BCUT2D eigenvalue weighted by Gasteiger charge is -2.17. The molecule has 2 aromatic carbocycles. The van der Waals surface area contributed by atoms with Gasteiger partial charge < -0.3 is 10.2 Å². The Kier molecular flexibility index (Phi) is 4.89. The van der Waals surface area contributed by atoms with Crippen LogP contribution in [-0.2, 0) is 22.6 Å². The van der Waals surface area contributed by atoms with Gasteiger partial charge in [-0.1, -0.05) is 42.5 Å². The van der Waals surface area contributed by atoms with Gasteiger partial charge in [-0.05, 0) is 23.3 Å². The molecule has 1 aliphatic heterocycles. The van der Waals surface area contributed by atoms with Crippen LogP contribution >= 0.6 is 0 Å². The zero-order chi connectivity index (χ0) is 16.9. The molecule has 0 saturated carbocycles. The third kappa shape index (κ3) is 4.19. The summed E-state index contributed by atoms with van der Waals surface area (Å²) in [5, 5.41) is 2.91. The smallest absolute Gasteiger partial charge is 0.225 e. The molecule has 1 heterocycles. The fourth-order valence-corrected chi connectivity index (χ4v) is 2.94. The van der Waals surface area contributed by atoms with Gasteiger partial charge in [-0.15, -0.1) is 0 Å². The third-order valence-electron chi connectivity index (χ3n) is 4.05. The van der Waals surface area contributed by atoms with Crippen LogP contribution in [0.4, 0.5) is 4.39 Å². The van der Waals surface area contributed by atoms with E-state index in [9.17, 15) is 14.0 Å². The van der Waals surface area contributed by atoms with E-state index in [0.717, 1.165) is 11.1 Å². The second-order valence-corrected chi connectivity index (χ2v) is 6.04. The number of amides is 2. The van der Waals surface area contributed by atoms with Crippen LogP contribution in [0.3, 0.4) is 0 Å². The molecule has 24 heavy (non-hydrogen) atoms. The third-order valence-corrected chi connectivity index (χ3v) is 4.05. The average Bonchev–Trinajstić information content (AvgIpc) is 2.87. The number of carbonyl (C=O) groups excluding carboxylic acids is 2. The Labute approximate surface area is 140 Å². The summed E-state index contributed by atoms with van der Waals surface area (Å²) < 4.78 is 13.2. The van der Waals surface area contributed by atoms with Crippen LogP contribution in [0.5, 0.6) is 0 Å². The fourth-order valence-electron chi connectivity index (χ4n) is 2.94. The van der Waals surface area contributed by atoms with Crippen molar-refractivity contribution in [3.05, 3.63) is 71.5 Å². The summed E-state index contributed by atoms with van der Waals surface area (Å²) in [6, 6.07) is 15.5. The molecule has 0 unspecified atom stereocenters. The second kappa shape index (κ2) is 7.25. The molecule has 5 heteroatoms. The van der Waals surface area contributed by atoms with Crippen molar-refractivity contribution in [1.82, 2.24) is 10.2 Å². The van der Waals surface area contributed by atoms with Crippen molar-refractivity contribution in [3.8, 4) is 0 Å². The highest BCUT2D eigenvalue weighted by Gasteiger charge is 2.30. The van der Waals surface area contributed by atoms with E-state index in [1.165, 1.54) is 12.1 Å². The zero-order valence-electron chi connectivity index (χ0n) is 13.2. The number of nitrogens with zero attached hydrogens (tertiary/aromatic N) is 1. The van der Waals surface area contributed by atoms with Crippen LogP contribution in [0, 0.1) is 5.82 Å². The van der Waals surface area contributed by atoms with Crippen molar-refractivity contribution in [2.24, 2.45) is 0 Å². The molecule has 1 aliphatic rings. The number of rotatable bonds is 5. The normalized spacial score (nSPS) is 17.1. The maximum absolute atomic E-state index is 13.2. The number of likely N-dealkylation sites (tertiary alicyclic amines) is 1. The van der Waals surface area contributed by atoms with Gasteiger partial charge >= 0.3 is 0 Å². The second-order valence-electron chi connectivity index (χ2n) is 6.04. The van der Waals surface area contributed by atoms with Crippen LogP contribution in [0.25, 0.3) is 0 Å². The van der Waals surface area contributed by atoms with Gasteiger partial charge in [-0.2, -0.15) is 0 Å². The van der Waals surface area contributed by atoms with Crippen LogP contribution in [-0.4, -0.2) is 29.3 Å². The van der Waals surface area contributed by atoms with Gasteiger partial charge in [-0.25, -0.2) is 4.39 Å². The molecule has 2 amide bonds. The Balaban J connectivity index is 1.53. The summed E-state index contributed by atoms with van der Waals surface area (Å²) in [6.07, 6.45) is 0.589. The van der Waals surface area contributed by atoms with Crippen molar-refractivity contribution in [2.45, 2.75) is 25.4 Å². The fraction of sp³-hybridized carbons (Fsp3) is 0.263. The Bertz CT molecular complexity index is 733. The van der Waals surface area contributed by atoms with E-state index in [2.05, 4.69) is 5.32 Å². The molecule has 0 bridgehead atoms. The Morgan fingerprint density at radius 1 is 1.12 bits per heavy atom. The first-order valence-corrected chi connectivity index (χ1v) is 7.95. The number of hydrogen-bond acceptors (Lipinski definition) is 2. The van der Waals surface area contributed by atoms with Gasteiger partial charge in [-0.3, -0.25) is 9.59 Å². The predicted molar refractivity (Wildman–Crippen MR) is 88.5 cm³/mol. The summed E-state index contributed by atoms with van der Waals surface area (Å²) >= 11 is 0. The average molecular weight is 326 g/mol. The molecule has 0 radical (unpaired) electrons. The highest BCUT2D eigenvalue weighted by Crippen LogP contribution is 2.16. The standard InChI is InChI=1S/C19H19FN2O2/c20-16-8-4-7-15(9-16)12-22-13-17(11-19(22)24)21-18(23)10-14-5-2-1-3-6-14/h1-9,17H,10-13H2,(H,21,23)/t17-/m1/s1. The first kappa shape index (κ1) is 16.2. The molecule has 1 saturated heterocycles. The van der Waals surface area contributed by atoms with Gasteiger partial charge in [0.2, 0.25) is 11.8 Å². The van der Waals surface area contributed by atoms with Crippen LogP contribution in [0.2, 0.25) is 0 Å². The van der Waals surface area contributed by atoms with Crippen LogP contribution < -0.4 is 5.32 Å². The van der Waals surface area contributed by atoms with Crippen molar-refractivity contribution >= 4 is 11.8 Å². The van der Waals surface area contributed by atoms with Crippen molar-refractivity contribution in [1.29, 1.82) is 0 Å². The van der Waals surface area contributed by atoms with Crippen molar-refractivity contribution < 1.29 is 14.0 Å².